The number of esters is 1. The quantitative estimate of drug-likeness (QED) is 0.0788. The van der Waals surface area contributed by atoms with Gasteiger partial charge in [-0.15, -0.1) is 0 Å². The van der Waals surface area contributed by atoms with Gasteiger partial charge in [0.05, 0.1) is 12.2 Å². The molecule has 296 valence electrons. The lowest BCUT2D eigenvalue weighted by molar-refractivity contribution is -0.151. The van der Waals surface area contributed by atoms with Gasteiger partial charge in [-0.3, -0.25) is 9.59 Å². The van der Waals surface area contributed by atoms with Gasteiger partial charge in [0.15, 0.2) is 0 Å². The number of aliphatic hydroxyl groups excluding tert-OH is 2. The molecule has 0 radical (unpaired) electrons. The summed E-state index contributed by atoms with van der Waals surface area (Å²) in [6.07, 6.45) is 28.4. The first-order chi connectivity index (χ1) is 24.9. The molecule has 5 heteroatoms. The third-order valence-electron chi connectivity index (χ3n) is 15.6. The number of carbonyl (C=O) groups excluding carboxylic acids is 2. The highest BCUT2D eigenvalue weighted by Gasteiger charge is 2.59. The van der Waals surface area contributed by atoms with Crippen molar-refractivity contribution in [1.29, 1.82) is 0 Å². The molecule has 0 heterocycles. The minimum absolute atomic E-state index is 0.0244. The van der Waals surface area contributed by atoms with Crippen molar-refractivity contribution >= 4 is 11.8 Å². The second kappa shape index (κ2) is 18.9. The first kappa shape index (κ1) is 41.7. The van der Waals surface area contributed by atoms with Crippen molar-refractivity contribution in [3.63, 3.8) is 0 Å². The Morgan fingerprint density at radius 2 is 1.71 bits per heavy atom. The van der Waals surface area contributed by atoms with E-state index in [1.165, 1.54) is 51.4 Å². The van der Waals surface area contributed by atoms with E-state index in [4.69, 9.17) is 4.74 Å². The predicted molar refractivity (Wildman–Crippen MR) is 213 cm³/mol. The number of ketones is 1. The van der Waals surface area contributed by atoms with E-state index in [1.807, 2.05) is 6.08 Å². The summed E-state index contributed by atoms with van der Waals surface area (Å²) in [6, 6.07) is 0. The van der Waals surface area contributed by atoms with E-state index in [0.717, 1.165) is 113 Å². The first-order valence-electron chi connectivity index (χ1n) is 22.3. The Kier molecular flexibility index (Phi) is 15.2. The van der Waals surface area contributed by atoms with Crippen LogP contribution in [0.15, 0.2) is 23.8 Å². The van der Waals surface area contributed by atoms with Crippen LogP contribution in [0.1, 0.15) is 183 Å². The molecule has 5 aliphatic carbocycles. The van der Waals surface area contributed by atoms with Gasteiger partial charge in [-0.2, -0.15) is 0 Å². The Balaban J connectivity index is 1.02. The first-order valence-corrected chi connectivity index (χ1v) is 22.3. The maximum Gasteiger partial charge on any atom is 0.306 e. The van der Waals surface area contributed by atoms with Gasteiger partial charge in [0.1, 0.15) is 11.9 Å². The van der Waals surface area contributed by atoms with Gasteiger partial charge in [0.25, 0.3) is 0 Å². The number of allylic oxidation sites excluding steroid dienone is 2. The molecule has 5 rings (SSSR count). The molecule has 5 aliphatic rings. The van der Waals surface area contributed by atoms with E-state index in [-0.39, 0.29) is 41.5 Å². The maximum absolute atomic E-state index is 13.0. The van der Waals surface area contributed by atoms with E-state index in [0.29, 0.717) is 11.8 Å². The van der Waals surface area contributed by atoms with E-state index >= 15 is 0 Å². The van der Waals surface area contributed by atoms with E-state index in [9.17, 15) is 19.8 Å². The Morgan fingerprint density at radius 1 is 0.923 bits per heavy atom. The lowest BCUT2D eigenvalue weighted by Gasteiger charge is -2.58. The summed E-state index contributed by atoms with van der Waals surface area (Å²) in [5, 5.41) is 20.9. The largest absolute Gasteiger partial charge is 0.462 e. The normalized spacial score (nSPS) is 37.1. The summed E-state index contributed by atoms with van der Waals surface area (Å²) in [6.45, 7) is 14.7. The van der Waals surface area contributed by atoms with Crippen LogP contribution in [0.5, 0.6) is 0 Å². The molecule has 0 aromatic heterocycles. The van der Waals surface area contributed by atoms with E-state index < -0.39 is 12.2 Å². The number of unbranched alkanes of at least 4 members (excludes halogenated alkanes) is 5. The number of fused-ring (bicyclic) bond motifs is 5. The third kappa shape index (κ3) is 9.85. The highest BCUT2D eigenvalue weighted by atomic mass is 16.5. The van der Waals surface area contributed by atoms with Crippen LogP contribution in [0.25, 0.3) is 0 Å². The molecular formula is C47H78O5. The zero-order chi connectivity index (χ0) is 37.5. The topological polar surface area (TPSA) is 83.8 Å². The molecule has 12 atom stereocenters. The molecule has 0 aromatic carbocycles. The molecule has 0 aliphatic heterocycles. The van der Waals surface area contributed by atoms with Crippen LogP contribution in [-0.2, 0) is 14.3 Å². The molecule has 0 saturated heterocycles. The summed E-state index contributed by atoms with van der Waals surface area (Å²) in [7, 11) is 0. The minimum atomic E-state index is -0.594. The fourth-order valence-electron chi connectivity index (χ4n) is 12.5. The van der Waals surface area contributed by atoms with Crippen molar-refractivity contribution in [3.8, 4) is 0 Å². The van der Waals surface area contributed by atoms with Crippen molar-refractivity contribution in [3.05, 3.63) is 23.8 Å². The van der Waals surface area contributed by atoms with Crippen LogP contribution in [-0.4, -0.2) is 40.3 Å². The monoisotopic (exact) mass is 723 g/mol. The zero-order valence-corrected chi connectivity index (χ0v) is 34.3. The second-order valence-electron chi connectivity index (χ2n) is 19.5. The van der Waals surface area contributed by atoms with Gasteiger partial charge in [0, 0.05) is 25.2 Å². The van der Waals surface area contributed by atoms with Crippen molar-refractivity contribution in [2.45, 2.75) is 201 Å². The van der Waals surface area contributed by atoms with Crippen molar-refractivity contribution in [1.82, 2.24) is 0 Å². The van der Waals surface area contributed by atoms with Crippen molar-refractivity contribution in [2.75, 3.05) is 0 Å². The summed E-state index contributed by atoms with van der Waals surface area (Å²) >= 11 is 0. The van der Waals surface area contributed by atoms with Crippen LogP contribution in [0, 0.1) is 58.2 Å². The maximum atomic E-state index is 13.0. The Labute approximate surface area is 318 Å². The number of carbonyl (C=O) groups is 2. The Hall–Kier alpha value is -1.46. The van der Waals surface area contributed by atoms with Crippen LogP contribution < -0.4 is 0 Å². The SMILES string of the molecule is CCCCC[C@H](O)/C=C/[C@H]1C(=O)C[C@H](O)[C@@H]1CCCCCCC(=O)O[C@H]1CC[C@@]2(C)C(=CC[C@H]3[C@@H]4CC[C@H]([C@H](C)CCCC(C)C)[C@@]4(C)CC[C@@H]32)C1. The number of Topliss-reactive ketones (excluding diaryl/α,β-unsaturated/α-hetero) is 1. The zero-order valence-electron chi connectivity index (χ0n) is 34.3. The average molecular weight is 723 g/mol. The average Bonchev–Trinajstić information content (AvgIpc) is 3.59. The Morgan fingerprint density at radius 3 is 2.48 bits per heavy atom. The van der Waals surface area contributed by atoms with Crippen LogP contribution in [0.4, 0.5) is 0 Å². The predicted octanol–water partition coefficient (Wildman–Crippen LogP) is 11.3. The summed E-state index contributed by atoms with van der Waals surface area (Å²) < 4.78 is 6.12. The number of aliphatic hydroxyl groups is 2. The van der Waals surface area contributed by atoms with E-state index in [1.54, 1.807) is 11.6 Å². The van der Waals surface area contributed by atoms with Gasteiger partial charge in [-0.1, -0.05) is 123 Å². The highest BCUT2D eigenvalue weighted by molar-refractivity contribution is 5.86. The molecule has 4 fully saturated rings. The molecule has 5 nitrogen and oxygen atoms in total. The number of hydrogen-bond donors (Lipinski definition) is 2. The molecule has 0 spiro atoms. The Bertz CT molecular complexity index is 1220. The van der Waals surface area contributed by atoms with Crippen LogP contribution >= 0.6 is 0 Å². The van der Waals surface area contributed by atoms with Gasteiger partial charge >= 0.3 is 5.97 Å². The summed E-state index contributed by atoms with van der Waals surface area (Å²) in [5.74, 6) is 4.72. The smallest absolute Gasteiger partial charge is 0.306 e. The molecular weight excluding hydrogens is 645 g/mol. The fourth-order valence-corrected chi connectivity index (χ4v) is 12.5. The standard InChI is InChI=1S/C47H78O5/c1-7-8-11-17-35(48)21-23-38-37(43(49)31-44(38)50)18-12-9-10-13-19-45(51)52-36-26-28-46(5)34(30-36)20-22-39-41-25-24-40(33(4)16-14-15-32(2)3)47(41,6)29-27-42(39)46/h20-21,23,32-33,35-43,48-49H,7-19,22,24-31H2,1-6H3/b23-21+/t33-,35+,36+,37-,38-,39+,40-,41+,42+,43+,46+,47-/m1/s1. The molecule has 0 amide bonds. The second-order valence-corrected chi connectivity index (χ2v) is 19.5. The van der Waals surface area contributed by atoms with Gasteiger partial charge in [-0.05, 0) is 116 Å². The molecule has 2 N–H and O–H groups in total. The minimum Gasteiger partial charge on any atom is -0.462 e. The fraction of sp³-hybridized carbons (Fsp3) is 0.872. The number of rotatable bonds is 19. The van der Waals surface area contributed by atoms with Crippen molar-refractivity contribution < 1.29 is 24.5 Å². The van der Waals surface area contributed by atoms with Crippen molar-refractivity contribution in [2.24, 2.45) is 58.2 Å². The molecule has 52 heavy (non-hydrogen) atoms. The summed E-state index contributed by atoms with van der Waals surface area (Å²) in [4.78, 5) is 25.5. The van der Waals surface area contributed by atoms with Gasteiger partial charge < -0.3 is 14.9 Å². The molecule has 4 saturated carbocycles. The van der Waals surface area contributed by atoms with Crippen LogP contribution in [0.3, 0.4) is 0 Å². The lowest BCUT2D eigenvalue weighted by atomic mass is 9.47. The molecule has 0 bridgehead atoms. The molecule has 0 aromatic rings. The number of hydrogen-bond acceptors (Lipinski definition) is 5. The lowest BCUT2D eigenvalue weighted by Crippen LogP contribution is -2.51. The number of ether oxygens (including phenoxy) is 1. The van der Waals surface area contributed by atoms with Gasteiger partial charge in [-0.25, -0.2) is 0 Å². The van der Waals surface area contributed by atoms with Crippen LogP contribution in [0.2, 0.25) is 0 Å². The summed E-state index contributed by atoms with van der Waals surface area (Å²) in [5.41, 5.74) is 2.38. The highest BCUT2D eigenvalue weighted by Crippen LogP contribution is 2.67. The third-order valence-corrected chi connectivity index (χ3v) is 15.6. The molecule has 0 unspecified atom stereocenters. The van der Waals surface area contributed by atoms with E-state index in [2.05, 4.69) is 47.6 Å². The van der Waals surface area contributed by atoms with Gasteiger partial charge in [0.2, 0.25) is 0 Å².